The number of pyridine rings is 1. The number of rotatable bonds is 4. The zero-order chi connectivity index (χ0) is 24.4. The lowest BCUT2D eigenvalue weighted by Gasteiger charge is -2.64. The van der Waals surface area contributed by atoms with Gasteiger partial charge < -0.3 is 9.47 Å². The van der Waals surface area contributed by atoms with E-state index >= 15 is 0 Å². The molecule has 5 rings (SSSR count). The molecule has 1 heterocycles. The van der Waals surface area contributed by atoms with E-state index in [1.807, 2.05) is 13.8 Å². The first-order chi connectivity index (χ1) is 16.0. The Balaban J connectivity index is 1.40. The van der Waals surface area contributed by atoms with Crippen molar-refractivity contribution in [3.05, 3.63) is 30.1 Å². The molecule has 0 saturated heterocycles. The van der Waals surface area contributed by atoms with Gasteiger partial charge in [0.25, 0.3) is 0 Å². The first-order valence-electron chi connectivity index (χ1n) is 13.3. The van der Waals surface area contributed by atoms with E-state index < -0.39 is 5.41 Å². The van der Waals surface area contributed by atoms with E-state index in [0.29, 0.717) is 17.4 Å². The zero-order valence-electron chi connectivity index (χ0n) is 21.6. The van der Waals surface area contributed by atoms with Crippen LogP contribution in [0.5, 0.6) is 0 Å². The molecule has 0 amide bonds. The number of carbonyl (C=O) groups is 2. The van der Waals surface area contributed by atoms with Crippen LogP contribution in [0.2, 0.25) is 0 Å². The molecule has 0 radical (unpaired) electrons. The number of esters is 2. The van der Waals surface area contributed by atoms with Crippen molar-refractivity contribution in [3.8, 4) is 0 Å². The maximum Gasteiger partial charge on any atom is 0.339 e. The highest BCUT2D eigenvalue weighted by Gasteiger charge is 2.69. The van der Waals surface area contributed by atoms with Gasteiger partial charge in [0.2, 0.25) is 0 Å². The van der Waals surface area contributed by atoms with Gasteiger partial charge in [0, 0.05) is 17.8 Å². The highest BCUT2D eigenvalue weighted by molar-refractivity contribution is 5.89. The summed E-state index contributed by atoms with van der Waals surface area (Å²) in [6.45, 7) is 10.9. The molecule has 4 saturated carbocycles. The third kappa shape index (κ3) is 3.52. The van der Waals surface area contributed by atoms with Gasteiger partial charge in [-0.25, -0.2) is 4.79 Å². The van der Waals surface area contributed by atoms with Crippen molar-refractivity contribution in [2.24, 2.45) is 33.5 Å². The molecular weight excluding hydrogens is 426 g/mol. The Bertz CT molecular complexity index is 962. The van der Waals surface area contributed by atoms with Gasteiger partial charge in [-0.3, -0.25) is 9.78 Å². The Morgan fingerprint density at radius 2 is 1.82 bits per heavy atom. The molecule has 1 unspecified atom stereocenters. The van der Waals surface area contributed by atoms with Gasteiger partial charge in [-0.05, 0) is 107 Å². The topological polar surface area (TPSA) is 65.5 Å². The van der Waals surface area contributed by atoms with Crippen molar-refractivity contribution >= 4 is 11.9 Å². The molecule has 0 N–H and O–H groups in total. The van der Waals surface area contributed by atoms with Gasteiger partial charge in [0.05, 0.1) is 17.1 Å². The lowest BCUT2D eigenvalue weighted by atomic mass is 9.40. The summed E-state index contributed by atoms with van der Waals surface area (Å²) < 4.78 is 12.0. The van der Waals surface area contributed by atoms with E-state index in [1.54, 1.807) is 24.5 Å². The SMILES string of the molecule is CC(C)OC(=O)[C@]1(C)CCC[C@@]2(C)[C@@H]3CC[C@@]4(C)CC3(CC[C@@H]21)C[C@H]4OC(=O)c1cccnc1. The van der Waals surface area contributed by atoms with Gasteiger partial charge in [-0.1, -0.05) is 20.3 Å². The second-order valence-electron chi connectivity index (χ2n) is 12.9. The molecule has 1 spiro atoms. The fraction of sp³-hybridized carbons (Fsp3) is 0.759. The lowest BCUT2D eigenvalue weighted by Crippen LogP contribution is -2.59. The highest BCUT2D eigenvalue weighted by atomic mass is 16.5. The molecule has 7 atom stereocenters. The predicted octanol–water partition coefficient (Wildman–Crippen LogP) is 6.36. The van der Waals surface area contributed by atoms with Gasteiger partial charge in [-0.15, -0.1) is 0 Å². The van der Waals surface area contributed by atoms with Crippen molar-refractivity contribution in [2.75, 3.05) is 0 Å². The normalized spacial score (nSPS) is 43.1. The molecule has 1 aromatic rings. The molecule has 0 aliphatic heterocycles. The second-order valence-corrected chi connectivity index (χ2v) is 12.9. The van der Waals surface area contributed by atoms with Crippen LogP contribution in [0.3, 0.4) is 0 Å². The summed E-state index contributed by atoms with van der Waals surface area (Å²) in [5.41, 5.74) is 0.503. The number of carbonyl (C=O) groups excluding carboxylic acids is 2. The Kier molecular flexibility index (Phi) is 5.65. The molecule has 5 nitrogen and oxygen atoms in total. The molecule has 4 aliphatic rings. The standard InChI is InChI=1S/C29H41NO4/c1-19(2)33-25(32)28(5)12-7-11-27(4)21(28)10-14-29-16-23(26(3,18-29)13-9-22(27)29)34-24(31)20-8-6-15-30-17-20/h6,8,15,17,19,21-23H,7,9-14,16,18H2,1-5H3/t21-,22-,23+,26-,27+,28+,29?/m0/s1. The van der Waals surface area contributed by atoms with Crippen LogP contribution in [-0.4, -0.2) is 29.1 Å². The summed E-state index contributed by atoms with van der Waals surface area (Å²) in [6, 6.07) is 3.57. The van der Waals surface area contributed by atoms with Crippen molar-refractivity contribution in [1.82, 2.24) is 4.98 Å². The first kappa shape index (κ1) is 23.8. The summed E-state index contributed by atoms with van der Waals surface area (Å²) in [6.07, 6.45) is 12.9. The summed E-state index contributed by atoms with van der Waals surface area (Å²) >= 11 is 0. The molecule has 34 heavy (non-hydrogen) atoms. The van der Waals surface area contributed by atoms with Crippen molar-refractivity contribution in [1.29, 1.82) is 0 Å². The second kappa shape index (κ2) is 8.06. The Labute approximate surface area is 204 Å². The molecule has 4 aliphatic carbocycles. The lowest BCUT2D eigenvalue weighted by molar-refractivity contribution is -0.190. The average molecular weight is 468 g/mol. The minimum Gasteiger partial charge on any atom is -0.463 e. The van der Waals surface area contributed by atoms with Crippen molar-refractivity contribution in [2.45, 2.75) is 105 Å². The molecule has 0 aromatic carbocycles. The van der Waals surface area contributed by atoms with E-state index in [0.717, 1.165) is 44.9 Å². The van der Waals surface area contributed by atoms with E-state index in [-0.39, 0.29) is 40.4 Å². The largest absolute Gasteiger partial charge is 0.463 e. The fourth-order valence-electron chi connectivity index (χ4n) is 9.16. The van der Waals surface area contributed by atoms with E-state index in [2.05, 4.69) is 25.8 Å². The Morgan fingerprint density at radius 3 is 2.53 bits per heavy atom. The summed E-state index contributed by atoms with van der Waals surface area (Å²) in [7, 11) is 0. The number of hydrogen-bond donors (Lipinski definition) is 0. The summed E-state index contributed by atoms with van der Waals surface area (Å²) in [5.74, 6) is 0.684. The number of aromatic nitrogens is 1. The molecule has 5 heteroatoms. The Hall–Kier alpha value is -1.91. The highest BCUT2D eigenvalue weighted by Crippen LogP contribution is 2.74. The van der Waals surface area contributed by atoms with Gasteiger partial charge in [0.15, 0.2) is 0 Å². The predicted molar refractivity (Wildman–Crippen MR) is 130 cm³/mol. The minimum atomic E-state index is -0.398. The van der Waals surface area contributed by atoms with Crippen LogP contribution in [0.25, 0.3) is 0 Å². The summed E-state index contributed by atoms with van der Waals surface area (Å²) in [4.78, 5) is 30.3. The van der Waals surface area contributed by atoms with Crippen LogP contribution >= 0.6 is 0 Å². The third-order valence-electron chi connectivity index (χ3n) is 10.5. The van der Waals surface area contributed by atoms with Crippen LogP contribution < -0.4 is 0 Å². The van der Waals surface area contributed by atoms with E-state index in [9.17, 15) is 9.59 Å². The molecular formula is C29H41NO4. The summed E-state index contributed by atoms with van der Waals surface area (Å²) in [5, 5.41) is 0. The molecule has 186 valence electrons. The smallest absolute Gasteiger partial charge is 0.339 e. The Morgan fingerprint density at radius 1 is 1.06 bits per heavy atom. The number of ether oxygens (including phenoxy) is 2. The molecule has 1 aromatic heterocycles. The maximum absolute atomic E-state index is 13.3. The van der Waals surface area contributed by atoms with Gasteiger partial charge >= 0.3 is 11.9 Å². The van der Waals surface area contributed by atoms with Gasteiger partial charge in [0.1, 0.15) is 6.10 Å². The third-order valence-corrected chi connectivity index (χ3v) is 10.5. The molecule has 2 bridgehead atoms. The van der Waals surface area contributed by atoms with Crippen LogP contribution in [0, 0.1) is 33.5 Å². The maximum atomic E-state index is 13.3. The first-order valence-corrected chi connectivity index (χ1v) is 13.3. The zero-order valence-corrected chi connectivity index (χ0v) is 21.6. The van der Waals surface area contributed by atoms with Gasteiger partial charge in [-0.2, -0.15) is 0 Å². The van der Waals surface area contributed by atoms with Crippen molar-refractivity contribution in [3.63, 3.8) is 0 Å². The minimum absolute atomic E-state index is 0.00437. The van der Waals surface area contributed by atoms with Crippen LogP contribution in [0.4, 0.5) is 0 Å². The number of fused-ring (bicyclic) bond motifs is 3. The van der Waals surface area contributed by atoms with Crippen LogP contribution in [-0.2, 0) is 14.3 Å². The van der Waals surface area contributed by atoms with Crippen LogP contribution in [0.15, 0.2) is 24.5 Å². The number of hydrogen-bond acceptors (Lipinski definition) is 5. The number of nitrogens with zero attached hydrogens (tertiary/aromatic N) is 1. The van der Waals surface area contributed by atoms with Crippen LogP contribution in [0.1, 0.15) is 103 Å². The quantitative estimate of drug-likeness (QED) is 0.482. The molecule has 4 fully saturated rings. The average Bonchev–Trinajstić information content (AvgIpc) is 2.98. The monoisotopic (exact) mass is 467 g/mol. The fourth-order valence-corrected chi connectivity index (χ4v) is 9.16. The van der Waals surface area contributed by atoms with Crippen molar-refractivity contribution < 1.29 is 19.1 Å². The van der Waals surface area contributed by atoms with E-state index in [1.165, 1.54) is 12.8 Å². The van der Waals surface area contributed by atoms with E-state index in [4.69, 9.17) is 9.47 Å².